The quantitative estimate of drug-likeness (QED) is 0.408. The van der Waals surface area contributed by atoms with Crippen LogP contribution in [0.4, 0.5) is 5.69 Å². The van der Waals surface area contributed by atoms with Crippen LogP contribution in [0.15, 0.2) is 36.4 Å². The van der Waals surface area contributed by atoms with Crippen LogP contribution in [0.2, 0.25) is 5.02 Å². The van der Waals surface area contributed by atoms with Gasteiger partial charge in [-0.25, -0.2) is 0 Å². The molecule has 2 aromatic carbocycles. The second kappa shape index (κ2) is 6.72. The van der Waals surface area contributed by atoms with Crippen molar-refractivity contribution in [2.24, 2.45) is 0 Å². The molecule has 162 valence electrons. The molecule has 4 aromatic rings. The number of nitrogens with zero attached hydrogens (tertiary/aromatic N) is 2. The number of rotatable bonds is 2. The maximum absolute atomic E-state index is 13.5. The highest BCUT2D eigenvalue weighted by molar-refractivity contribution is 6.31. The second-order valence-electron chi connectivity index (χ2n) is 9.53. The Hall–Kier alpha value is -3.05. The maximum Gasteiger partial charge on any atom is 0.237 e. The van der Waals surface area contributed by atoms with Gasteiger partial charge in [0.25, 0.3) is 0 Å². The third kappa shape index (κ3) is 2.64. The van der Waals surface area contributed by atoms with Crippen molar-refractivity contribution in [1.82, 2.24) is 15.2 Å². The van der Waals surface area contributed by atoms with Gasteiger partial charge in [0.1, 0.15) is 5.69 Å². The summed E-state index contributed by atoms with van der Waals surface area (Å²) in [6.07, 6.45) is 3.10. The Morgan fingerprint density at radius 2 is 1.94 bits per heavy atom. The van der Waals surface area contributed by atoms with E-state index in [9.17, 15) is 4.79 Å². The highest BCUT2D eigenvalue weighted by Gasteiger charge is 2.44. The number of fused-ring (bicyclic) bond motifs is 6. The van der Waals surface area contributed by atoms with Gasteiger partial charge in [-0.3, -0.25) is 9.89 Å². The summed E-state index contributed by atoms with van der Waals surface area (Å²) >= 11 is 6.44. The van der Waals surface area contributed by atoms with Crippen LogP contribution in [-0.2, 0) is 29.6 Å². The number of hydrogen-bond donors (Lipinski definition) is 2. The number of benzene rings is 2. The zero-order chi connectivity index (χ0) is 22.2. The number of aromatic nitrogens is 3. The van der Waals surface area contributed by atoms with E-state index < -0.39 is 5.41 Å². The Morgan fingerprint density at radius 3 is 2.75 bits per heavy atom. The molecule has 5 nitrogen and oxygen atoms in total. The van der Waals surface area contributed by atoms with Crippen LogP contribution in [0.3, 0.4) is 0 Å². The number of carbonyl (C=O) groups is 1. The number of nitrogens with one attached hydrogen (secondary N) is 2. The van der Waals surface area contributed by atoms with E-state index >= 15 is 0 Å². The van der Waals surface area contributed by atoms with Gasteiger partial charge in [0.2, 0.25) is 5.91 Å². The molecule has 0 atom stereocenters. The molecule has 2 N–H and O–H groups in total. The largest absolute Gasteiger partial charge is 0.353 e. The number of halogens is 1. The molecule has 0 saturated carbocycles. The van der Waals surface area contributed by atoms with E-state index in [1.165, 1.54) is 16.5 Å². The van der Waals surface area contributed by atoms with E-state index in [-0.39, 0.29) is 5.91 Å². The fourth-order valence-corrected chi connectivity index (χ4v) is 5.59. The summed E-state index contributed by atoms with van der Waals surface area (Å²) in [5.41, 5.74) is 9.36. The number of aryl methyl sites for hydroxylation is 2. The molecule has 0 unspecified atom stereocenters. The lowest BCUT2D eigenvalue weighted by atomic mass is 9.85. The summed E-state index contributed by atoms with van der Waals surface area (Å²) in [5.74, 6) is 0.108. The fourth-order valence-electron chi connectivity index (χ4n) is 5.39. The summed E-state index contributed by atoms with van der Waals surface area (Å²) in [6, 6.07) is 12.1. The SMILES string of the molecule is Cc1[nH]nc2c1CCCc1c-2[nH]c2cc3c(cc12)N(Cc1ccccc1Cl)C(=O)C3(C)C. The average molecular weight is 445 g/mol. The van der Waals surface area contributed by atoms with Crippen molar-refractivity contribution in [2.45, 2.75) is 52.0 Å². The van der Waals surface area contributed by atoms with E-state index in [4.69, 9.17) is 11.6 Å². The number of aromatic amines is 2. The molecule has 6 heteroatoms. The number of hydrogen-bond acceptors (Lipinski definition) is 2. The van der Waals surface area contributed by atoms with Gasteiger partial charge in [-0.05, 0) is 74.9 Å². The molecule has 2 aromatic heterocycles. The molecule has 0 radical (unpaired) electrons. The minimum Gasteiger partial charge on any atom is -0.353 e. The van der Waals surface area contributed by atoms with Crippen LogP contribution >= 0.6 is 11.6 Å². The van der Waals surface area contributed by atoms with Crippen LogP contribution in [0.1, 0.15) is 48.2 Å². The van der Waals surface area contributed by atoms with Crippen molar-refractivity contribution >= 4 is 34.1 Å². The van der Waals surface area contributed by atoms with Gasteiger partial charge in [-0.1, -0.05) is 29.8 Å². The molecule has 0 spiro atoms. The smallest absolute Gasteiger partial charge is 0.237 e. The predicted octanol–water partition coefficient (Wildman–Crippen LogP) is 5.83. The standard InChI is InChI=1S/C26H25ClN4O/c1-14-16-8-6-9-17-18-11-22-19(12-21(18)28-23(17)24(16)30-29-14)26(2,3)25(32)31(22)13-15-7-4-5-10-20(15)27/h4-5,7,10-12,28H,6,8-9,13H2,1-3H3,(H,29,30). The second-order valence-corrected chi connectivity index (χ2v) is 9.94. The Bertz CT molecular complexity index is 1410. The molecule has 0 saturated heterocycles. The number of H-pyrrole nitrogens is 2. The van der Waals surface area contributed by atoms with Crippen molar-refractivity contribution in [3.05, 3.63) is 69.4 Å². The predicted molar refractivity (Wildman–Crippen MR) is 128 cm³/mol. The molecule has 1 aliphatic heterocycles. The van der Waals surface area contributed by atoms with Gasteiger partial charge in [-0.15, -0.1) is 0 Å². The van der Waals surface area contributed by atoms with E-state index in [1.807, 2.05) is 43.0 Å². The van der Waals surface area contributed by atoms with Gasteiger partial charge in [-0.2, -0.15) is 5.10 Å². The average Bonchev–Trinajstić information content (AvgIpc) is 3.31. The lowest BCUT2D eigenvalue weighted by Gasteiger charge is -2.21. The van der Waals surface area contributed by atoms with Crippen molar-refractivity contribution < 1.29 is 4.79 Å². The number of carbonyl (C=O) groups excluding carboxylic acids is 1. The molecule has 6 rings (SSSR count). The molecule has 1 amide bonds. The Balaban J connectivity index is 1.54. The lowest BCUT2D eigenvalue weighted by molar-refractivity contribution is -0.122. The van der Waals surface area contributed by atoms with Crippen LogP contribution in [0, 0.1) is 6.92 Å². The Morgan fingerprint density at radius 1 is 1.16 bits per heavy atom. The van der Waals surface area contributed by atoms with Crippen LogP contribution in [0.25, 0.3) is 22.3 Å². The minimum absolute atomic E-state index is 0.108. The van der Waals surface area contributed by atoms with Gasteiger partial charge in [0.05, 0.1) is 17.7 Å². The summed E-state index contributed by atoms with van der Waals surface area (Å²) in [5, 5.41) is 9.65. The van der Waals surface area contributed by atoms with Crippen LogP contribution < -0.4 is 4.90 Å². The minimum atomic E-state index is -0.596. The monoisotopic (exact) mass is 444 g/mol. The molecular weight excluding hydrogens is 420 g/mol. The van der Waals surface area contributed by atoms with E-state index in [0.29, 0.717) is 11.6 Å². The van der Waals surface area contributed by atoms with Gasteiger partial charge < -0.3 is 9.88 Å². The number of anilines is 1. The first kappa shape index (κ1) is 19.6. The molecule has 2 aliphatic rings. The molecule has 32 heavy (non-hydrogen) atoms. The lowest BCUT2D eigenvalue weighted by Crippen LogP contribution is -2.35. The van der Waals surface area contributed by atoms with E-state index in [0.717, 1.165) is 58.7 Å². The van der Waals surface area contributed by atoms with Gasteiger partial charge in [0.15, 0.2) is 0 Å². The third-order valence-electron chi connectivity index (χ3n) is 7.22. The normalized spacial score (nSPS) is 16.8. The first-order chi connectivity index (χ1) is 15.4. The van der Waals surface area contributed by atoms with Crippen LogP contribution in [0.5, 0.6) is 0 Å². The summed E-state index contributed by atoms with van der Waals surface area (Å²) < 4.78 is 0. The van der Waals surface area contributed by atoms with Crippen molar-refractivity contribution in [3.8, 4) is 11.4 Å². The molecule has 1 aliphatic carbocycles. The van der Waals surface area contributed by atoms with E-state index in [2.05, 4.69) is 34.2 Å². The highest BCUT2D eigenvalue weighted by atomic mass is 35.5. The first-order valence-electron chi connectivity index (χ1n) is 11.1. The molecule has 0 fully saturated rings. The highest BCUT2D eigenvalue weighted by Crippen LogP contribution is 2.46. The summed E-state index contributed by atoms with van der Waals surface area (Å²) in [6.45, 7) is 6.58. The van der Waals surface area contributed by atoms with Crippen molar-refractivity contribution in [1.29, 1.82) is 0 Å². The Labute approximate surface area is 191 Å². The fraction of sp³-hybridized carbons (Fsp3) is 0.308. The molecule has 3 heterocycles. The summed E-state index contributed by atoms with van der Waals surface area (Å²) in [7, 11) is 0. The molecule has 0 bridgehead atoms. The van der Waals surface area contributed by atoms with Gasteiger partial charge in [0, 0.05) is 32.9 Å². The number of amides is 1. The van der Waals surface area contributed by atoms with Crippen molar-refractivity contribution in [2.75, 3.05) is 4.90 Å². The summed E-state index contributed by atoms with van der Waals surface area (Å²) in [4.78, 5) is 19.0. The first-order valence-corrected chi connectivity index (χ1v) is 11.5. The Kier molecular flexibility index (Phi) is 4.12. The topological polar surface area (TPSA) is 64.8 Å². The van der Waals surface area contributed by atoms with Crippen molar-refractivity contribution in [3.63, 3.8) is 0 Å². The maximum atomic E-state index is 13.5. The zero-order valence-electron chi connectivity index (χ0n) is 18.5. The third-order valence-corrected chi connectivity index (χ3v) is 7.59. The van der Waals surface area contributed by atoms with Crippen LogP contribution in [-0.4, -0.2) is 21.1 Å². The molecular formula is C26H25ClN4O. The zero-order valence-corrected chi connectivity index (χ0v) is 19.2. The van der Waals surface area contributed by atoms with E-state index in [1.54, 1.807) is 0 Å². The van der Waals surface area contributed by atoms with Gasteiger partial charge >= 0.3 is 0 Å².